The molecule has 5 nitrogen and oxygen atoms in total. The highest BCUT2D eigenvalue weighted by Gasteiger charge is 2.28. The molecule has 1 aliphatic rings. The Labute approximate surface area is 121 Å². The van der Waals surface area contributed by atoms with Crippen LogP contribution in [0.1, 0.15) is 13.3 Å². The van der Waals surface area contributed by atoms with E-state index in [0.29, 0.717) is 17.3 Å². The van der Waals surface area contributed by atoms with Gasteiger partial charge in [-0.25, -0.2) is 0 Å². The SMILES string of the molecule is CCN(c1cc(Cl)c(Cl)cc1[N+](=O)[O-])C1CCNC1. The van der Waals surface area contributed by atoms with Gasteiger partial charge < -0.3 is 10.2 Å². The lowest BCUT2D eigenvalue weighted by Crippen LogP contribution is -2.37. The first-order valence-electron chi connectivity index (χ1n) is 6.15. The normalized spacial score (nSPS) is 18.6. The molecule has 0 spiro atoms. The number of nitro benzene ring substituents is 1. The highest BCUT2D eigenvalue weighted by Crippen LogP contribution is 2.37. The Morgan fingerprint density at radius 3 is 2.68 bits per heavy atom. The lowest BCUT2D eigenvalue weighted by atomic mass is 10.1. The van der Waals surface area contributed by atoms with Crippen LogP contribution >= 0.6 is 23.2 Å². The first kappa shape index (κ1) is 14.4. The van der Waals surface area contributed by atoms with Crippen molar-refractivity contribution in [1.29, 1.82) is 0 Å². The smallest absolute Gasteiger partial charge is 0.294 e. The van der Waals surface area contributed by atoms with Gasteiger partial charge in [-0.05, 0) is 26.0 Å². The van der Waals surface area contributed by atoms with E-state index in [1.165, 1.54) is 6.07 Å². The summed E-state index contributed by atoms with van der Waals surface area (Å²) in [5, 5.41) is 15.0. The molecule has 1 aromatic rings. The van der Waals surface area contributed by atoms with E-state index >= 15 is 0 Å². The van der Waals surface area contributed by atoms with Crippen LogP contribution in [0.2, 0.25) is 10.0 Å². The molecule has 19 heavy (non-hydrogen) atoms. The van der Waals surface area contributed by atoms with E-state index in [9.17, 15) is 10.1 Å². The fourth-order valence-electron chi connectivity index (χ4n) is 2.43. The minimum Gasteiger partial charge on any atom is -0.362 e. The molecule has 104 valence electrons. The number of benzene rings is 1. The Balaban J connectivity index is 2.45. The second-order valence-electron chi connectivity index (χ2n) is 4.44. The summed E-state index contributed by atoms with van der Waals surface area (Å²) >= 11 is 11.9. The summed E-state index contributed by atoms with van der Waals surface area (Å²) in [6.07, 6.45) is 0.964. The van der Waals surface area contributed by atoms with Crippen molar-refractivity contribution in [2.45, 2.75) is 19.4 Å². The Hall–Kier alpha value is -1.04. The third-order valence-electron chi connectivity index (χ3n) is 3.34. The zero-order valence-corrected chi connectivity index (χ0v) is 12.0. The number of likely N-dealkylation sites (N-methyl/N-ethyl adjacent to an activating group) is 1. The molecule has 0 aromatic heterocycles. The van der Waals surface area contributed by atoms with Gasteiger partial charge in [0.1, 0.15) is 5.69 Å². The van der Waals surface area contributed by atoms with E-state index in [0.717, 1.165) is 19.5 Å². The molecule has 1 N–H and O–H groups in total. The molecule has 1 aliphatic heterocycles. The molecule has 0 aliphatic carbocycles. The largest absolute Gasteiger partial charge is 0.362 e. The Morgan fingerprint density at radius 1 is 1.47 bits per heavy atom. The molecule has 1 heterocycles. The number of nitrogens with one attached hydrogen (secondary N) is 1. The molecule has 1 saturated heterocycles. The van der Waals surface area contributed by atoms with Crippen LogP contribution in [-0.4, -0.2) is 30.6 Å². The van der Waals surface area contributed by atoms with Crippen molar-refractivity contribution in [2.75, 3.05) is 24.5 Å². The summed E-state index contributed by atoms with van der Waals surface area (Å²) in [7, 11) is 0. The third kappa shape index (κ3) is 2.94. The highest BCUT2D eigenvalue weighted by atomic mass is 35.5. The standard InChI is InChI=1S/C12H15Cl2N3O2/c1-2-16(8-3-4-15-7-8)11-5-9(13)10(14)6-12(11)17(18)19/h5-6,8,15H,2-4,7H2,1H3. The first-order chi connectivity index (χ1) is 9.04. The van der Waals surface area contributed by atoms with Crippen LogP contribution in [0.15, 0.2) is 12.1 Å². The number of rotatable bonds is 4. The van der Waals surface area contributed by atoms with Gasteiger partial charge in [0.25, 0.3) is 5.69 Å². The van der Waals surface area contributed by atoms with Gasteiger partial charge in [-0.3, -0.25) is 10.1 Å². The van der Waals surface area contributed by atoms with E-state index in [1.807, 2.05) is 11.8 Å². The van der Waals surface area contributed by atoms with Gasteiger partial charge in [-0.15, -0.1) is 0 Å². The van der Waals surface area contributed by atoms with E-state index in [2.05, 4.69) is 5.32 Å². The summed E-state index contributed by atoms with van der Waals surface area (Å²) < 4.78 is 0. The van der Waals surface area contributed by atoms with E-state index in [1.54, 1.807) is 6.07 Å². The highest BCUT2D eigenvalue weighted by molar-refractivity contribution is 6.42. The van der Waals surface area contributed by atoms with Gasteiger partial charge >= 0.3 is 0 Å². The monoisotopic (exact) mass is 303 g/mol. The number of hydrogen-bond donors (Lipinski definition) is 1. The minimum absolute atomic E-state index is 0.00292. The molecule has 1 fully saturated rings. The van der Waals surface area contributed by atoms with E-state index in [4.69, 9.17) is 23.2 Å². The quantitative estimate of drug-likeness (QED) is 0.686. The van der Waals surface area contributed by atoms with Crippen molar-refractivity contribution in [3.05, 3.63) is 32.3 Å². The Kier molecular flexibility index (Phi) is 4.50. The molecule has 0 radical (unpaired) electrons. The number of nitrogens with zero attached hydrogens (tertiary/aromatic N) is 2. The Bertz CT molecular complexity index is 490. The zero-order chi connectivity index (χ0) is 14.0. The first-order valence-corrected chi connectivity index (χ1v) is 6.91. The molecular weight excluding hydrogens is 289 g/mol. The van der Waals surface area contributed by atoms with Crippen LogP contribution in [0.5, 0.6) is 0 Å². The summed E-state index contributed by atoms with van der Waals surface area (Å²) in [5.41, 5.74) is 0.541. The molecule has 2 rings (SSSR count). The molecule has 7 heteroatoms. The maximum absolute atomic E-state index is 11.2. The summed E-state index contributed by atoms with van der Waals surface area (Å²) in [5.74, 6) is 0. The third-order valence-corrected chi connectivity index (χ3v) is 4.06. The molecule has 1 aromatic carbocycles. The van der Waals surface area contributed by atoms with E-state index < -0.39 is 4.92 Å². The van der Waals surface area contributed by atoms with Crippen LogP contribution in [-0.2, 0) is 0 Å². The molecule has 0 amide bonds. The molecule has 1 atom stereocenters. The van der Waals surface area contributed by atoms with Gasteiger partial charge in [-0.2, -0.15) is 0 Å². The predicted octanol–water partition coefficient (Wildman–Crippen LogP) is 3.09. The van der Waals surface area contributed by atoms with Crippen LogP contribution in [0.25, 0.3) is 0 Å². The Morgan fingerprint density at radius 2 is 2.16 bits per heavy atom. The minimum atomic E-state index is -0.414. The molecular formula is C12H15Cl2N3O2. The van der Waals surface area contributed by atoms with Crippen molar-refractivity contribution < 1.29 is 4.92 Å². The van der Waals surface area contributed by atoms with Crippen LogP contribution in [0.3, 0.4) is 0 Å². The lowest BCUT2D eigenvalue weighted by Gasteiger charge is -2.29. The molecule has 1 unspecified atom stereocenters. The number of anilines is 1. The predicted molar refractivity (Wildman–Crippen MR) is 77.4 cm³/mol. The number of halogens is 2. The van der Waals surface area contributed by atoms with Crippen LogP contribution < -0.4 is 10.2 Å². The lowest BCUT2D eigenvalue weighted by molar-refractivity contribution is -0.384. The van der Waals surface area contributed by atoms with Gasteiger partial charge in [0.05, 0.1) is 15.0 Å². The summed E-state index contributed by atoms with van der Waals surface area (Å²) in [6.45, 7) is 4.41. The second kappa shape index (κ2) is 5.94. The number of hydrogen-bond acceptors (Lipinski definition) is 4. The van der Waals surface area contributed by atoms with Crippen molar-refractivity contribution in [2.24, 2.45) is 0 Å². The van der Waals surface area contributed by atoms with Gasteiger partial charge in [0.2, 0.25) is 0 Å². The van der Waals surface area contributed by atoms with Gasteiger partial charge in [0.15, 0.2) is 0 Å². The maximum atomic E-state index is 11.2. The second-order valence-corrected chi connectivity index (χ2v) is 5.26. The van der Waals surface area contributed by atoms with Gasteiger partial charge in [0, 0.05) is 25.2 Å². The van der Waals surface area contributed by atoms with Crippen molar-refractivity contribution in [1.82, 2.24) is 5.32 Å². The fourth-order valence-corrected chi connectivity index (χ4v) is 2.75. The topological polar surface area (TPSA) is 58.4 Å². The average molecular weight is 304 g/mol. The summed E-state index contributed by atoms with van der Waals surface area (Å²) in [6, 6.07) is 3.16. The zero-order valence-electron chi connectivity index (χ0n) is 10.5. The molecule has 0 bridgehead atoms. The van der Waals surface area contributed by atoms with Crippen LogP contribution in [0, 0.1) is 10.1 Å². The average Bonchev–Trinajstić information content (AvgIpc) is 2.87. The number of nitro groups is 1. The fraction of sp³-hybridized carbons (Fsp3) is 0.500. The molecule has 0 saturated carbocycles. The van der Waals surface area contributed by atoms with Gasteiger partial charge in [-0.1, -0.05) is 23.2 Å². The van der Waals surface area contributed by atoms with Crippen molar-refractivity contribution >= 4 is 34.6 Å². The van der Waals surface area contributed by atoms with Crippen LogP contribution in [0.4, 0.5) is 11.4 Å². The van der Waals surface area contributed by atoms with Crippen molar-refractivity contribution in [3.63, 3.8) is 0 Å². The van der Waals surface area contributed by atoms with E-state index in [-0.39, 0.29) is 16.8 Å². The summed E-state index contributed by atoms with van der Waals surface area (Å²) in [4.78, 5) is 12.8. The van der Waals surface area contributed by atoms with Crippen molar-refractivity contribution in [3.8, 4) is 0 Å². The maximum Gasteiger partial charge on any atom is 0.294 e.